The van der Waals surface area contributed by atoms with Gasteiger partial charge in [-0.15, -0.1) is 0 Å². The first kappa shape index (κ1) is 14.2. The van der Waals surface area contributed by atoms with Gasteiger partial charge in [-0.25, -0.2) is 8.42 Å². The van der Waals surface area contributed by atoms with Gasteiger partial charge in [-0.2, -0.15) is 4.31 Å². The number of piperazine rings is 1. The van der Waals surface area contributed by atoms with Crippen LogP contribution in [0.25, 0.3) is 0 Å². The van der Waals surface area contributed by atoms with Crippen LogP contribution in [0.5, 0.6) is 0 Å². The fourth-order valence-corrected chi connectivity index (χ4v) is 4.85. The highest BCUT2D eigenvalue weighted by Crippen LogP contribution is 2.22. The molecule has 0 bridgehead atoms. The number of thiazole rings is 1. The van der Waals surface area contributed by atoms with E-state index in [0.717, 1.165) is 0 Å². The van der Waals surface area contributed by atoms with Gasteiger partial charge in [-0.1, -0.05) is 11.3 Å². The Morgan fingerprint density at radius 1 is 1.26 bits per heavy atom. The maximum Gasteiger partial charge on any atom is 0.305 e. The second kappa shape index (κ2) is 5.06. The molecule has 2 heterocycles. The molecule has 1 amide bonds. The Bertz CT molecular complexity index is 638. The first-order valence-electron chi connectivity index (χ1n) is 5.78. The van der Waals surface area contributed by atoms with Crippen molar-refractivity contribution in [1.82, 2.24) is 14.2 Å². The number of H-pyrrole nitrogens is 1. The molecule has 1 fully saturated rings. The van der Waals surface area contributed by atoms with Gasteiger partial charge in [0.2, 0.25) is 5.91 Å². The molecule has 0 saturated carbocycles. The Morgan fingerprint density at radius 2 is 1.84 bits per heavy atom. The topological polar surface area (TPSA) is 90.6 Å². The monoisotopic (exact) mass is 305 g/mol. The van der Waals surface area contributed by atoms with E-state index >= 15 is 0 Å². The summed E-state index contributed by atoms with van der Waals surface area (Å²) in [5.41, 5.74) is 0.365. The van der Waals surface area contributed by atoms with Crippen LogP contribution in [0.3, 0.4) is 0 Å². The molecule has 0 spiro atoms. The second-order valence-electron chi connectivity index (χ2n) is 4.34. The minimum atomic E-state index is -3.64. The molecule has 106 valence electrons. The fraction of sp³-hybridized carbons (Fsp3) is 0.600. The lowest BCUT2D eigenvalue weighted by molar-refractivity contribution is -0.129. The van der Waals surface area contributed by atoms with E-state index in [4.69, 9.17) is 0 Å². The van der Waals surface area contributed by atoms with Crippen LogP contribution >= 0.6 is 11.3 Å². The van der Waals surface area contributed by atoms with Crippen molar-refractivity contribution < 1.29 is 13.2 Å². The minimum Gasteiger partial charge on any atom is -0.340 e. The molecule has 0 radical (unpaired) electrons. The summed E-state index contributed by atoms with van der Waals surface area (Å²) < 4.78 is 26.1. The maximum atomic E-state index is 12.4. The molecule has 7 nitrogen and oxygen atoms in total. The number of carbonyl (C=O) groups is 1. The quantitative estimate of drug-likeness (QED) is 0.805. The second-order valence-corrected chi connectivity index (χ2v) is 7.45. The van der Waals surface area contributed by atoms with Crippen LogP contribution in [0.4, 0.5) is 0 Å². The van der Waals surface area contributed by atoms with Gasteiger partial charge in [0.15, 0.2) is 4.21 Å². The molecular formula is C10H15N3O4S2. The van der Waals surface area contributed by atoms with E-state index in [0.29, 0.717) is 30.1 Å². The molecule has 1 aliphatic rings. The van der Waals surface area contributed by atoms with Gasteiger partial charge in [0.1, 0.15) is 0 Å². The highest BCUT2D eigenvalue weighted by molar-refractivity contribution is 7.91. The first-order chi connectivity index (χ1) is 8.82. The Morgan fingerprint density at radius 3 is 2.26 bits per heavy atom. The first-order valence-corrected chi connectivity index (χ1v) is 8.03. The van der Waals surface area contributed by atoms with E-state index in [9.17, 15) is 18.0 Å². The number of nitrogens with zero attached hydrogens (tertiary/aromatic N) is 2. The third-order valence-electron chi connectivity index (χ3n) is 3.04. The number of sulfonamides is 1. The van der Waals surface area contributed by atoms with Gasteiger partial charge >= 0.3 is 4.87 Å². The third-order valence-corrected chi connectivity index (χ3v) is 6.52. The number of aromatic amines is 1. The van der Waals surface area contributed by atoms with Crippen molar-refractivity contribution in [2.45, 2.75) is 18.1 Å². The standard InChI is InChI=1S/C10H15N3O4S2/c1-7-9(18-10(15)11-7)19(16,17)13-5-3-12(4-6-13)8(2)14/h3-6H2,1-2H3,(H,11,15). The van der Waals surface area contributed by atoms with Crippen molar-refractivity contribution in [3.05, 3.63) is 15.4 Å². The number of nitrogens with one attached hydrogen (secondary N) is 1. The molecule has 0 atom stereocenters. The molecular weight excluding hydrogens is 290 g/mol. The Hall–Kier alpha value is -1.19. The lowest BCUT2D eigenvalue weighted by atomic mass is 10.3. The van der Waals surface area contributed by atoms with E-state index in [-0.39, 0.29) is 28.1 Å². The van der Waals surface area contributed by atoms with Crippen molar-refractivity contribution in [2.24, 2.45) is 0 Å². The lowest BCUT2D eigenvalue weighted by Gasteiger charge is -2.33. The number of rotatable bonds is 2. The Labute approximate surface area is 114 Å². The van der Waals surface area contributed by atoms with Crippen molar-refractivity contribution in [2.75, 3.05) is 26.2 Å². The van der Waals surface area contributed by atoms with Gasteiger partial charge in [0.05, 0.1) is 0 Å². The van der Waals surface area contributed by atoms with Crippen LogP contribution in [-0.2, 0) is 14.8 Å². The number of hydrogen-bond acceptors (Lipinski definition) is 5. The van der Waals surface area contributed by atoms with E-state index in [1.165, 1.54) is 11.2 Å². The summed E-state index contributed by atoms with van der Waals surface area (Å²) in [4.78, 5) is 26.1. The smallest absolute Gasteiger partial charge is 0.305 e. The predicted octanol–water partition coefficient (Wildman–Crippen LogP) is -0.402. The maximum absolute atomic E-state index is 12.4. The summed E-state index contributed by atoms with van der Waals surface area (Å²) >= 11 is 0.701. The van der Waals surface area contributed by atoms with Crippen LogP contribution in [0.2, 0.25) is 0 Å². The zero-order valence-corrected chi connectivity index (χ0v) is 12.3. The van der Waals surface area contributed by atoms with Crippen LogP contribution in [0.15, 0.2) is 9.00 Å². The molecule has 0 unspecified atom stereocenters. The van der Waals surface area contributed by atoms with Crippen LogP contribution < -0.4 is 4.87 Å². The average molecular weight is 305 g/mol. The SMILES string of the molecule is CC(=O)N1CCN(S(=O)(=O)c2sc(=O)[nH]c2C)CC1. The molecule has 9 heteroatoms. The highest BCUT2D eigenvalue weighted by Gasteiger charge is 2.31. The van der Waals surface area contributed by atoms with Crippen molar-refractivity contribution in [3.8, 4) is 0 Å². The number of carbonyl (C=O) groups excluding carboxylic acids is 1. The van der Waals surface area contributed by atoms with Gasteiger partial charge in [-0.05, 0) is 6.92 Å². The third kappa shape index (κ3) is 2.72. The summed E-state index contributed by atoms with van der Waals surface area (Å²) in [7, 11) is -3.64. The Balaban J connectivity index is 2.21. The summed E-state index contributed by atoms with van der Waals surface area (Å²) in [5, 5.41) is 0. The molecule has 1 N–H and O–H groups in total. The highest BCUT2D eigenvalue weighted by atomic mass is 32.2. The van der Waals surface area contributed by atoms with E-state index in [1.54, 1.807) is 11.8 Å². The summed E-state index contributed by atoms with van der Waals surface area (Å²) in [6.07, 6.45) is 0. The predicted molar refractivity (Wildman–Crippen MR) is 70.7 cm³/mol. The fourth-order valence-electron chi connectivity index (χ4n) is 2.00. The van der Waals surface area contributed by atoms with Crippen molar-refractivity contribution in [3.63, 3.8) is 0 Å². The number of aromatic nitrogens is 1. The molecule has 2 rings (SSSR count). The van der Waals surface area contributed by atoms with Crippen LogP contribution in [0.1, 0.15) is 12.6 Å². The van der Waals surface area contributed by atoms with E-state index in [2.05, 4.69) is 4.98 Å². The van der Waals surface area contributed by atoms with Gasteiger partial charge in [0, 0.05) is 38.8 Å². The number of aryl methyl sites for hydroxylation is 1. The lowest BCUT2D eigenvalue weighted by Crippen LogP contribution is -2.49. The molecule has 1 saturated heterocycles. The zero-order chi connectivity index (χ0) is 14.2. The van der Waals surface area contributed by atoms with E-state index < -0.39 is 10.0 Å². The number of amides is 1. The van der Waals surface area contributed by atoms with Crippen molar-refractivity contribution >= 4 is 27.3 Å². The average Bonchev–Trinajstić information content (AvgIpc) is 2.69. The van der Waals surface area contributed by atoms with Crippen LogP contribution in [0, 0.1) is 6.92 Å². The molecule has 19 heavy (non-hydrogen) atoms. The molecule has 0 aliphatic carbocycles. The van der Waals surface area contributed by atoms with Gasteiger partial charge in [-0.3, -0.25) is 9.59 Å². The minimum absolute atomic E-state index is 0.0560. The zero-order valence-electron chi connectivity index (χ0n) is 10.7. The number of hydrogen-bond donors (Lipinski definition) is 1. The van der Waals surface area contributed by atoms with Gasteiger partial charge < -0.3 is 9.88 Å². The van der Waals surface area contributed by atoms with Gasteiger partial charge in [0.25, 0.3) is 10.0 Å². The normalized spacial score (nSPS) is 17.7. The summed E-state index contributed by atoms with van der Waals surface area (Å²) in [6, 6.07) is 0. The van der Waals surface area contributed by atoms with Crippen molar-refractivity contribution in [1.29, 1.82) is 0 Å². The molecule has 1 aromatic rings. The molecule has 1 aromatic heterocycles. The summed E-state index contributed by atoms with van der Waals surface area (Å²) in [6.45, 7) is 4.31. The Kier molecular flexibility index (Phi) is 3.79. The largest absolute Gasteiger partial charge is 0.340 e. The summed E-state index contributed by atoms with van der Waals surface area (Å²) in [5.74, 6) is -0.0560. The van der Waals surface area contributed by atoms with Crippen LogP contribution in [-0.4, -0.2) is 54.7 Å². The molecule has 0 aromatic carbocycles. The molecule has 1 aliphatic heterocycles. The van der Waals surface area contributed by atoms with E-state index in [1.807, 2.05) is 0 Å².